The van der Waals surface area contributed by atoms with Crippen LogP contribution in [0.2, 0.25) is 0 Å². The highest BCUT2D eigenvalue weighted by Gasteiger charge is 2.05. The minimum absolute atomic E-state index is 0.400. The van der Waals surface area contributed by atoms with E-state index in [0.717, 1.165) is 12.8 Å². The SMILES string of the molecule is CCC(=C=Cn1cnc2c(N)ncnc21)CC. The zero-order valence-corrected chi connectivity index (χ0v) is 10.0. The Hall–Kier alpha value is -2.13. The molecule has 5 heteroatoms. The standard InChI is InChI=1S/C12H15N5/c1-3-9(4-2)5-6-17-8-16-10-11(13)14-7-15-12(10)17/h6-8H,3-4H2,1-2H3,(H2,13,14,15). The predicted octanol–water partition coefficient (Wildman–Crippen LogP) is 2.22. The van der Waals surface area contributed by atoms with E-state index in [1.165, 1.54) is 11.9 Å². The summed E-state index contributed by atoms with van der Waals surface area (Å²) >= 11 is 0. The summed E-state index contributed by atoms with van der Waals surface area (Å²) in [5.41, 5.74) is 11.5. The van der Waals surface area contributed by atoms with Gasteiger partial charge in [-0.3, -0.25) is 4.57 Å². The molecule has 5 nitrogen and oxygen atoms in total. The molecule has 0 bridgehead atoms. The third-order valence-corrected chi connectivity index (χ3v) is 2.65. The molecule has 2 aromatic heterocycles. The minimum Gasteiger partial charge on any atom is -0.382 e. The lowest BCUT2D eigenvalue weighted by molar-refractivity contribution is 0.981. The maximum atomic E-state index is 5.71. The lowest BCUT2D eigenvalue weighted by Crippen LogP contribution is -1.94. The van der Waals surface area contributed by atoms with Crippen LogP contribution in [0.3, 0.4) is 0 Å². The number of allylic oxidation sites excluding steroid dienone is 1. The summed E-state index contributed by atoms with van der Waals surface area (Å²) in [5, 5.41) is 0. The number of rotatable bonds is 3. The smallest absolute Gasteiger partial charge is 0.170 e. The summed E-state index contributed by atoms with van der Waals surface area (Å²) in [7, 11) is 0. The van der Waals surface area contributed by atoms with E-state index in [1.807, 2.05) is 6.20 Å². The van der Waals surface area contributed by atoms with Crippen molar-refractivity contribution < 1.29 is 0 Å². The summed E-state index contributed by atoms with van der Waals surface area (Å²) in [6.07, 6.45) is 6.94. The van der Waals surface area contributed by atoms with E-state index in [9.17, 15) is 0 Å². The van der Waals surface area contributed by atoms with Crippen LogP contribution in [0.1, 0.15) is 26.7 Å². The van der Waals surface area contributed by atoms with Crippen LogP contribution in [-0.4, -0.2) is 19.5 Å². The van der Waals surface area contributed by atoms with Crippen molar-refractivity contribution in [1.29, 1.82) is 0 Å². The molecule has 0 saturated carbocycles. The first-order chi connectivity index (χ1) is 8.26. The molecule has 0 aliphatic carbocycles. The number of aromatic nitrogens is 4. The third-order valence-electron chi connectivity index (χ3n) is 2.65. The number of nitrogens with zero attached hydrogens (tertiary/aromatic N) is 4. The molecule has 2 rings (SSSR count). The molecule has 0 aromatic carbocycles. The van der Waals surface area contributed by atoms with Gasteiger partial charge in [-0.2, -0.15) is 0 Å². The van der Waals surface area contributed by atoms with Gasteiger partial charge in [-0.1, -0.05) is 13.8 Å². The van der Waals surface area contributed by atoms with Crippen LogP contribution < -0.4 is 5.73 Å². The Morgan fingerprint density at radius 3 is 2.82 bits per heavy atom. The Bertz CT molecular complexity index is 584. The fourth-order valence-corrected chi connectivity index (χ4v) is 1.58. The Labute approximate surface area is 99.7 Å². The molecule has 0 spiro atoms. The Morgan fingerprint density at radius 2 is 2.12 bits per heavy atom. The molecular formula is C12H15N5. The lowest BCUT2D eigenvalue weighted by atomic mass is 10.2. The topological polar surface area (TPSA) is 69.6 Å². The molecule has 0 aliphatic heterocycles. The molecule has 0 fully saturated rings. The second-order valence-corrected chi connectivity index (χ2v) is 3.67. The first-order valence-electron chi connectivity index (χ1n) is 5.63. The number of hydrogen-bond donors (Lipinski definition) is 1. The maximum absolute atomic E-state index is 5.71. The van der Waals surface area contributed by atoms with Crippen LogP contribution in [0.4, 0.5) is 5.82 Å². The van der Waals surface area contributed by atoms with Gasteiger partial charge in [0.1, 0.15) is 12.7 Å². The lowest BCUT2D eigenvalue weighted by Gasteiger charge is -1.96. The molecule has 0 amide bonds. The molecule has 0 saturated heterocycles. The van der Waals surface area contributed by atoms with E-state index >= 15 is 0 Å². The quantitative estimate of drug-likeness (QED) is 0.819. The highest BCUT2D eigenvalue weighted by Crippen LogP contribution is 2.14. The summed E-state index contributed by atoms with van der Waals surface area (Å²) < 4.78 is 1.80. The van der Waals surface area contributed by atoms with Crippen LogP contribution in [0.15, 0.2) is 24.0 Å². The monoisotopic (exact) mass is 229 g/mol. The van der Waals surface area contributed by atoms with Crippen molar-refractivity contribution in [3.8, 4) is 0 Å². The van der Waals surface area contributed by atoms with Crippen molar-refractivity contribution in [3.05, 3.63) is 24.0 Å². The molecular weight excluding hydrogens is 214 g/mol. The normalized spacial score (nSPS) is 10.2. The highest BCUT2D eigenvalue weighted by molar-refractivity contribution is 5.82. The summed E-state index contributed by atoms with van der Waals surface area (Å²) in [6, 6.07) is 0. The van der Waals surface area contributed by atoms with E-state index in [-0.39, 0.29) is 0 Å². The predicted molar refractivity (Wildman–Crippen MR) is 68.1 cm³/mol. The van der Waals surface area contributed by atoms with Gasteiger partial charge in [0.15, 0.2) is 17.0 Å². The molecule has 0 radical (unpaired) electrons. The fraction of sp³-hybridized carbons (Fsp3) is 0.333. The van der Waals surface area contributed by atoms with Gasteiger partial charge in [0.05, 0.1) is 6.20 Å². The number of nitrogens with two attached hydrogens (primary N) is 1. The van der Waals surface area contributed by atoms with Gasteiger partial charge < -0.3 is 5.73 Å². The first kappa shape index (κ1) is 11.4. The number of anilines is 1. The van der Waals surface area contributed by atoms with Crippen molar-refractivity contribution in [3.63, 3.8) is 0 Å². The van der Waals surface area contributed by atoms with Gasteiger partial charge in [0.2, 0.25) is 0 Å². The van der Waals surface area contributed by atoms with E-state index in [2.05, 4.69) is 34.5 Å². The van der Waals surface area contributed by atoms with Crippen molar-refractivity contribution in [2.24, 2.45) is 0 Å². The molecule has 0 unspecified atom stereocenters. The summed E-state index contributed by atoms with van der Waals surface area (Å²) in [4.78, 5) is 12.2. The van der Waals surface area contributed by atoms with E-state index in [0.29, 0.717) is 17.0 Å². The Kier molecular flexibility index (Phi) is 3.21. The molecule has 2 aromatic rings. The van der Waals surface area contributed by atoms with Gasteiger partial charge in [0, 0.05) is 0 Å². The molecule has 2 N–H and O–H groups in total. The molecule has 88 valence electrons. The second kappa shape index (κ2) is 4.80. The van der Waals surface area contributed by atoms with Crippen LogP contribution in [0.25, 0.3) is 17.4 Å². The second-order valence-electron chi connectivity index (χ2n) is 3.67. The molecule has 17 heavy (non-hydrogen) atoms. The first-order valence-corrected chi connectivity index (χ1v) is 5.63. The Balaban J connectivity index is 2.51. The summed E-state index contributed by atoms with van der Waals surface area (Å²) in [6.45, 7) is 4.23. The summed E-state index contributed by atoms with van der Waals surface area (Å²) in [5.74, 6) is 0.400. The maximum Gasteiger partial charge on any atom is 0.170 e. The number of hydrogen-bond acceptors (Lipinski definition) is 4. The van der Waals surface area contributed by atoms with Gasteiger partial charge >= 0.3 is 0 Å². The number of fused-ring (bicyclic) bond motifs is 1. The molecule has 0 aliphatic rings. The van der Waals surface area contributed by atoms with Crippen LogP contribution >= 0.6 is 0 Å². The third kappa shape index (κ3) is 2.19. The Morgan fingerprint density at radius 1 is 1.35 bits per heavy atom. The van der Waals surface area contributed by atoms with Crippen molar-refractivity contribution in [2.75, 3.05) is 5.73 Å². The van der Waals surface area contributed by atoms with Gasteiger partial charge in [-0.25, -0.2) is 15.0 Å². The zero-order chi connectivity index (χ0) is 12.3. The zero-order valence-electron chi connectivity index (χ0n) is 10.0. The molecule has 0 atom stereocenters. The van der Waals surface area contributed by atoms with Crippen LogP contribution in [-0.2, 0) is 0 Å². The van der Waals surface area contributed by atoms with Crippen LogP contribution in [0.5, 0.6) is 0 Å². The van der Waals surface area contributed by atoms with E-state index < -0.39 is 0 Å². The van der Waals surface area contributed by atoms with E-state index in [4.69, 9.17) is 5.73 Å². The van der Waals surface area contributed by atoms with E-state index in [1.54, 1.807) is 10.9 Å². The van der Waals surface area contributed by atoms with Crippen molar-refractivity contribution in [2.45, 2.75) is 26.7 Å². The van der Waals surface area contributed by atoms with Gasteiger partial charge in [0.25, 0.3) is 0 Å². The van der Waals surface area contributed by atoms with Gasteiger partial charge in [-0.05, 0) is 18.4 Å². The molecule has 2 heterocycles. The van der Waals surface area contributed by atoms with Crippen LogP contribution in [0, 0.1) is 0 Å². The van der Waals surface area contributed by atoms with Gasteiger partial charge in [-0.15, -0.1) is 5.73 Å². The largest absolute Gasteiger partial charge is 0.382 e. The average Bonchev–Trinajstić information content (AvgIpc) is 2.75. The average molecular weight is 229 g/mol. The number of imidazole rings is 1. The minimum atomic E-state index is 0.400. The fourth-order valence-electron chi connectivity index (χ4n) is 1.58. The number of nitrogen functional groups attached to an aromatic ring is 1. The van der Waals surface area contributed by atoms with Crippen molar-refractivity contribution in [1.82, 2.24) is 19.5 Å². The van der Waals surface area contributed by atoms with Crippen molar-refractivity contribution >= 4 is 23.2 Å². The highest BCUT2D eigenvalue weighted by atomic mass is 15.1.